The first-order valence-corrected chi connectivity index (χ1v) is 5.66. The second-order valence-corrected chi connectivity index (χ2v) is 4.50. The van der Waals surface area contributed by atoms with Crippen molar-refractivity contribution in [3.63, 3.8) is 0 Å². The predicted molar refractivity (Wildman–Crippen MR) is 63.9 cm³/mol. The second kappa shape index (κ2) is 4.20. The van der Waals surface area contributed by atoms with E-state index in [9.17, 15) is 14.7 Å². The molecular weight excluding hydrogens is 218 g/mol. The van der Waals surface area contributed by atoms with Crippen LogP contribution >= 0.6 is 0 Å². The molecule has 0 saturated heterocycles. The third kappa shape index (κ3) is 2.02. The second-order valence-electron chi connectivity index (χ2n) is 4.50. The first kappa shape index (κ1) is 11.6. The van der Waals surface area contributed by atoms with E-state index < -0.39 is 11.4 Å². The van der Waals surface area contributed by atoms with Gasteiger partial charge in [-0.25, -0.2) is 0 Å². The van der Waals surface area contributed by atoms with Crippen molar-refractivity contribution in [1.82, 2.24) is 0 Å². The highest BCUT2D eigenvalue weighted by atomic mass is 16.4. The van der Waals surface area contributed by atoms with E-state index in [0.717, 1.165) is 12.0 Å². The Kier molecular flexibility index (Phi) is 2.88. The number of amides is 1. The molecule has 0 aromatic heterocycles. The summed E-state index contributed by atoms with van der Waals surface area (Å²) >= 11 is 0. The molecule has 0 radical (unpaired) electrons. The minimum absolute atomic E-state index is 0.153. The van der Waals surface area contributed by atoms with Crippen molar-refractivity contribution in [1.29, 1.82) is 0 Å². The Morgan fingerprint density at radius 2 is 2.06 bits per heavy atom. The Hall–Kier alpha value is -1.84. The summed E-state index contributed by atoms with van der Waals surface area (Å²) in [5.74, 6) is -0.927. The van der Waals surface area contributed by atoms with E-state index in [1.807, 2.05) is 6.07 Å². The molecule has 1 aliphatic rings. The van der Waals surface area contributed by atoms with Crippen molar-refractivity contribution in [3.05, 3.63) is 29.8 Å². The van der Waals surface area contributed by atoms with Crippen LogP contribution in [0.3, 0.4) is 0 Å². The molecule has 2 rings (SSSR count). The van der Waals surface area contributed by atoms with Crippen LogP contribution < -0.4 is 5.32 Å². The van der Waals surface area contributed by atoms with Gasteiger partial charge < -0.3 is 10.4 Å². The molecule has 0 spiro atoms. The van der Waals surface area contributed by atoms with Crippen molar-refractivity contribution < 1.29 is 14.7 Å². The number of anilines is 1. The summed E-state index contributed by atoms with van der Waals surface area (Å²) in [4.78, 5) is 22.3. The molecule has 0 aliphatic heterocycles. The lowest BCUT2D eigenvalue weighted by atomic mass is 9.64. The van der Waals surface area contributed by atoms with Gasteiger partial charge in [0.2, 0.25) is 5.91 Å². The minimum Gasteiger partial charge on any atom is -0.481 e. The van der Waals surface area contributed by atoms with Crippen LogP contribution in [0.15, 0.2) is 24.3 Å². The standard InChI is InChI=1S/C13H15NO3/c1-9(15)14-11-5-2-4-10(8-11)13(12(16)17)6-3-7-13/h2,4-5,8H,3,6-7H2,1H3,(H,14,15)(H,16,17). The molecule has 0 bridgehead atoms. The molecule has 1 saturated carbocycles. The number of carbonyl (C=O) groups is 2. The number of rotatable bonds is 3. The molecular formula is C13H15NO3. The highest BCUT2D eigenvalue weighted by molar-refractivity contribution is 5.89. The maximum absolute atomic E-state index is 11.4. The van der Waals surface area contributed by atoms with E-state index in [2.05, 4.69) is 5.32 Å². The number of carboxylic acids is 1. The van der Waals surface area contributed by atoms with Gasteiger partial charge in [-0.1, -0.05) is 18.6 Å². The van der Waals surface area contributed by atoms with Gasteiger partial charge in [-0.3, -0.25) is 9.59 Å². The van der Waals surface area contributed by atoms with Crippen LogP contribution in [0.1, 0.15) is 31.7 Å². The zero-order valence-electron chi connectivity index (χ0n) is 9.69. The quantitative estimate of drug-likeness (QED) is 0.840. The molecule has 0 atom stereocenters. The minimum atomic E-state index is -0.774. The zero-order valence-corrected chi connectivity index (χ0v) is 9.69. The average Bonchev–Trinajstić information content (AvgIpc) is 2.14. The summed E-state index contributed by atoms with van der Waals surface area (Å²) in [6, 6.07) is 7.12. The molecule has 1 aromatic carbocycles. The van der Waals surface area contributed by atoms with Crippen molar-refractivity contribution in [2.45, 2.75) is 31.6 Å². The molecule has 1 aliphatic carbocycles. The Labute approximate surface area is 99.6 Å². The average molecular weight is 233 g/mol. The molecule has 2 N–H and O–H groups in total. The van der Waals surface area contributed by atoms with Gasteiger partial charge in [0.25, 0.3) is 0 Å². The SMILES string of the molecule is CC(=O)Nc1cccc(C2(C(=O)O)CCC2)c1. The first-order chi connectivity index (χ1) is 8.04. The molecule has 4 heteroatoms. The van der Waals surface area contributed by atoms with Crippen molar-refractivity contribution in [2.75, 3.05) is 5.32 Å². The normalized spacial score (nSPS) is 17.0. The van der Waals surface area contributed by atoms with E-state index in [0.29, 0.717) is 18.5 Å². The number of benzene rings is 1. The first-order valence-electron chi connectivity index (χ1n) is 5.66. The van der Waals surface area contributed by atoms with Gasteiger partial charge >= 0.3 is 5.97 Å². The summed E-state index contributed by atoms with van der Waals surface area (Å²) in [5, 5.41) is 12.0. The highest BCUT2D eigenvalue weighted by Gasteiger charge is 2.45. The van der Waals surface area contributed by atoms with Gasteiger partial charge in [0.1, 0.15) is 0 Å². The lowest BCUT2D eigenvalue weighted by Crippen LogP contribution is -2.42. The molecule has 90 valence electrons. The fraction of sp³-hybridized carbons (Fsp3) is 0.385. The van der Waals surface area contributed by atoms with Gasteiger partial charge in [-0.05, 0) is 30.5 Å². The summed E-state index contributed by atoms with van der Waals surface area (Å²) < 4.78 is 0. The van der Waals surface area contributed by atoms with E-state index >= 15 is 0 Å². The topological polar surface area (TPSA) is 66.4 Å². The van der Waals surface area contributed by atoms with E-state index in [1.165, 1.54) is 6.92 Å². The number of nitrogens with one attached hydrogen (secondary N) is 1. The molecule has 4 nitrogen and oxygen atoms in total. The van der Waals surface area contributed by atoms with Gasteiger partial charge in [0.15, 0.2) is 0 Å². The van der Waals surface area contributed by atoms with Gasteiger partial charge in [0.05, 0.1) is 5.41 Å². The van der Waals surface area contributed by atoms with Crippen LogP contribution in [-0.4, -0.2) is 17.0 Å². The Morgan fingerprint density at radius 1 is 1.35 bits per heavy atom. The lowest BCUT2D eigenvalue weighted by molar-refractivity contribution is -0.147. The number of carboxylic acid groups (broad SMARTS) is 1. The molecule has 1 amide bonds. The molecule has 0 unspecified atom stereocenters. The fourth-order valence-corrected chi connectivity index (χ4v) is 2.25. The van der Waals surface area contributed by atoms with Crippen molar-refractivity contribution in [2.24, 2.45) is 0 Å². The largest absolute Gasteiger partial charge is 0.481 e. The monoisotopic (exact) mass is 233 g/mol. The molecule has 1 aromatic rings. The van der Waals surface area contributed by atoms with Crippen molar-refractivity contribution in [3.8, 4) is 0 Å². The zero-order chi connectivity index (χ0) is 12.5. The van der Waals surface area contributed by atoms with Crippen LogP contribution in [0.25, 0.3) is 0 Å². The maximum Gasteiger partial charge on any atom is 0.314 e. The van der Waals surface area contributed by atoms with E-state index in [-0.39, 0.29) is 5.91 Å². The predicted octanol–water partition coefficient (Wildman–Crippen LogP) is 2.15. The summed E-state index contributed by atoms with van der Waals surface area (Å²) in [5.41, 5.74) is 0.694. The van der Waals surface area contributed by atoms with Crippen LogP contribution in [-0.2, 0) is 15.0 Å². The summed E-state index contributed by atoms with van der Waals surface area (Å²) in [6.45, 7) is 1.43. The highest BCUT2D eigenvalue weighted by Crippen LogP contribution is 2.44. The maximum atomic E-state index is 11.4. The van der Waals surface area contributed by atoms with Crippen LogP contribution in [0.4, 0.5) is 5.69 Å². The van der Waals surface area contributed by atoms with Crippen LogP contribution in [0.5, 0.6) is 0 Å². The van der Waals surface area contributed by atoms with Crippen LogP contribution in [0.2, 0.25) is 0 Å². The molecule has 0 heterocycles. The number of hydrogen-bond donors (Lipinski definition) is 2. The van der Waals surface area contributed by atoms with Crippen LogP contribution in [0, 0.1) is 0 Å². The number of carbonyl (C=O) groups excluding carboxylic acids is 1. The van der Waals surface area contributed by atoms with Crippen molar-refractivity contribution >= 4 is 17.6 Å². The molecule has 17 heavy (non-hydrogen) atoms. The summed E-state index contributed by atoms with van der Waals surface area (Å²) in [7, 11) is 0. The number of aliphatic carboxylic acids is 1. The van der Waals surface area contributed by atoms with E-state index in [4.69, 9.17) is 0 Å². The smallest absolute Gasteiger partial charge is 0.314 e. The Bertz CT molecular complexity index is 463. The van der Waals surface area contributed by atoms with E-state index in [1.54, 1.807) is 18.2 Å². The summed E-state index contributed by atoms with van der Waals surface area (Å²) in [6.07, 6.45) is 2.29. The third-order valence-electron chi connectivity index (χ3n) is 3.35. The number of hydrogen-bond acceptors (Lipinski definition) is 2. The Balaban J connectivity index is 2.32. The Morgan fingerprint density at radius 3 is 2.53 bits per heavy atom. The van der Waals surface area contributed by atoms with Gasteiger partial charge in [-0.2, -0.15) is 0 Å². The van der Waals surface area contributed by atoms with Gasteiger partial charge in [0, 0.05) is 12.6 Å². The third-order valence-corrected chi connectivity index (χ3v) is 3.35. The molecule has 1 fully saturated rings. The fourth-order valence-electron chi connectivity index (χ4n) is 2.25. The van der Waals surface area contributed by atoms with Gasteiger partial charge in [-0.15, -0.1) is 0 Å². The lowest BCUT2D eigenvalue weighted by Gasteiger charge is -2.38.